The van der Waals surface area contributed by atoms with E-state index in [4.69, 9.17) is 15.5 Å². The molecule has 1 aliphatic heterocycles. The Labute approximate surface area is 246 Å². The number of carbonyl (C=O) groups is 2. The Morgan fingerprint density at radius 2 is 2.05 bits per heavy atom. The van der Waals surface area contributed by atoms with Crippen LogP contribution in [0.3, 0.4) is 0 Å². The Morgan fingerprint density at radius 3 is 2.84 bits per heavy atom. The molecule has 6 rings (SSSR count). The molecule has 0 unspecified atom stereocenters. The average molecular weight is 582 g/mol. The number of aryl methyl sites for hydroxylation is 3. The van der Waals surface area contributed by atoms with E-state index in [0.29, 0.717) is 37.0 Å². The number of hydrogen-bond donors (Lipinski definition) is 4. The van der Waals surface area contributed by atoms with E-state index in [0.717, 1.165) is 33.4 Å². The number of rotatable bonds is 9. The Hall–Kier alpha value is -5.37. The number of nitrogens with one attached hydrogen (secondary N) is 3. The van der Waals surface area contributed by atoms with E-state index in [1.807, 2.05) is 56.3 Å². The van der Waals surface area contributed by atoms with Crippen LogP contribution in [0.4, 0.5) is 17.5 Å². The lowest BCUT2D eigenvalue weighted by molar-refractivity contribution is -0.117. The molecule has 0 radical (unpaired) electrons. The smallest absolute Gasteiger partial charge is 0.317 e. The van der Waals surface area contributed by atoms with Crippen LogP contribution in [-0.4, -0.2) is 77.2 Å². The molecule has 1 atom stereocenters. The first-order valence-corrected chi connectivity index (χ1v) is 13.8. The highest BCUT2D eigenvalue weighted by atomic mass is 16.5. The number of benzene rings is 1. The van der Waals surface area contributed by atoms with Gasteiger partial charge in [0, 0.05) is 61.4 Å². The molecular formula is C29H31N11O3. The fraction of sp³-hybridized carbons (Fsp3) is 0.276. The van der Waals surface area contributed by atoms with E-state index >= 15 is 0 Å². The Balaban J connectivity index is 1.13. The molecule has 1 saturated heterocycles. The summed E-state index contributed by atoms with van der Waals surface area (Å²) in [5, 5.41) is 11.6. The minimum absolute atomic E-state index is 0.0902. The van der Waals surface area contributed by atoms with E-state index in [1.54, 1.807) is 10.9 Å². The van der Waals surface area contributed by atoms with Crippen LogP contribution in [0.2, 0.25) is 0 Å². The minimum Gasteiger partial charge on any atom is -0.459 e. The van der Waals surface area contributed by atoms with Crippen molar-refractivity contribution in [1.29, 1.82) is 0 Å². The molecule has 5 N–H and O–H groups in total. The number of nitrogens with two attached hydrogens (primary N) is 1. The van der Waals surface area contributed by atoms with Crippen LogP contribution in [0.5, 0.6) is 6.01 Å². The summed E-state index contributed by atoms with van der Waals surface area (Å²) < 4.78 is 7.61. The number of amides is 2. The van der Waals surface area contributed by atoms with Crippen LogP contribution in [0.25, 0.3) is 22.2 Å². The van der Waals surface area contributed by atoms with Gasteiger partial charge in [-0.2, -0.15) is 10.1 Å². The molecule has 43 heavy (non-hydrogen) atoms. The largest absolute Gasteiger partial charge is 0.459 e. The van der Waals surface area contributed by atoms with Gasteiger partial charge in [0.15, 0.2) is 5.82 Å². The van der Waals surface area contributed by atoms with Crippen LogP contribution < -0.4 is 21.1 Å². The first-order chi connectivity index (χ1) is 20.7. The molecule has 0 aliphatic carbocycles. The average Bonchev–Trinajstić information content (AvgIpc) is 3.69. The monoisotopic (exact) mass is 581 g/mol. The molecule has 0 bridgehead atoms. The minimum atomic E-state index is -0.647. The third kappa shape index (κ3) is 5.99. The zero-order valence-electron chi connectivity index (χ0n) is 24.0. The number of fused-ring (bicyclic) bond motifs is 1. The number of primary amides is 1. The molecule has 14 nitrogen and oxygen atoms in total. The normalized spacial score (nSPS) is 15.1. The van der Waals surface area contributed by atoms with Crippen LogP contribution in [-0.2, 0) is 11.8 Å². The van der Waals surface area contributed by atoms with Crippen molar-refractivity contribution in [2.24, 2.45) is 12.8 Å². The van der Waals surface area contributed by atoms with Gasteiger partial charge in [0.2, 0.25) is 11.9 Å². The lowest BCUT2D eigenvalue weighted by Gasteiger charge is -2.16. The number of nitrogens with zero attached hydrogens (tertiary/aromatic N) is 7. The summed E-state index contributed by atoms with van der Waals surface area (Å²) in [5.41, 5.74) is 10.4. The van der Waals surface area contributed by atoms with Gasteiger partial charge in [-0.15, -0.1) is 0 Å². The van der Waals surface area contributed by atoms with Crippen LogP contribution in [0, 0.1) is 13.8 Å². The molecule has 0 spiro atoms. The predicted octanol–water partition coefficient (Wildman–Crippen LogP) is 2.70. The third-order valence-corrected chi connectivity index (χ3v) is 7.32. The van der Waals surface area contributed by atoms with E-state index in [1.165, 1.54) is 12.3 Å². The Kier molecular flexibility index (Phi) is 7.42. The summed E-state index contributed by atoms with van der Waals surface area (Å²) in [6.45, 7) is 5.32. The van der Waals surface area contributed by atoms with Gasteiger partial charge < -0.3 is 26.1 Å². The highest BCUT2D eigenvalue weighted by molar-refractivity contribution is 6.06. The van der Waals surface area contributed by atoms with Gasteiger partial charge in [-0.25, -0.2) is 15.0 Å². The fourth-order valence-electron chi connectivity index (χ4n) is 5.08. The molecule has 14 heteroatoms. The van der Waals surface area contributed by atoms with Gasteiger partial charge in [0.05, 0.1) is 23.4 Å². The number of aromatic nitrogens is 7. The second-order valence-electron chi connectivity index (χ2n) is 10.5. The molecule has 4 aromatic heterocycles. The number of carbonyl (C=O) groups excluding carboxylic acids is 2. The molecule has 220 valence electrons. The maximum atomic E-state index is 13.1. The highest BCUT2D eigenvalue weighted by Gasteiger charge is 2.27. The molecule has 2 amide bonds. The summed E-state index contributed by atoms with van der Waals surface area (Å²) in [5.74, 6) is 0.315. The van der Waals surface area contributed by atoms with Gasteiger partial charge in [-0.05, 0) is 38.0 Å². The van der Waals surface area contributed by atoms with E-state index in [9.17, 15) is 9.59 Å². The number of hydrogen-bond acceptors (Lipinski definition) is 10. The number of para-hydroxylation sites is 1. The summed E-state index contributed by atoms with van der Waals surface area (Å²) >= 11 is 0. The second kappa shape index (κ2) is 11.5. The number of ether oxygens (including phenoxy) is 1. The number of aromatic amines is 1. The summed E-state index contributed by atoms with van der Waals surface area (Å²) in [7, 11) is 1.88. The van der Waals surface area contributed by atoms with E-state index in [2.05, 4.69) is 35.7 Å². The number of anilines is 3. The van der Waals surface area contributed by atoms with Crippen LogP contribution >= 0.6 is 0 Å². The van der Waals surface area contributed by atoms with E-state index in [-0.39, 0.29) is 30.3 Å². The molecule has 1 aromatic carbocycles. The Bertz CT molecular complexity index is 1810. The maximum Gasteiger partial charge on any atom is 0.317 e. The van der Waals surface area contributed by atoms with Crippen molar-refractivity contribution in [1.82, 2.24) is 39.6 Å². The van der Waals surface area contributed by atoms with Gasteiger partial charge in [-0.1, -0.05) is 12.1 Å². The molecule has 1 aliphatic rings. The van der Waals surface area contributed by atoms with Crippen molar-refractivity contribution in [2.75, 3.05) is 30.3 Å². The zero-order valence-corrected chi connectivity index (χ0v) is 24.0. The Morgan fingerprint density at radius 1 is 1.19 bits per heavy atom. The van der Waals surface area contributed by atoms with Crippen molar-refractivity contribution in [3.05, 3.63) is 65.9 Å². The topological polar surface area (TPSA) is 182 Å². The van der Waals surface area contributed by atoms with Gasteiger partial charge in [0.1, 0.15) is 11.8 Å². The third-order valence-electron chi connectivity index (χ3n) is 7.32. The maximum absolute atomic E-state index is 13.1. The number of likely N-dealkylation sites (tertiary alicyclic amines) is 1. The fourth-order valence-corrected chi connectivity index (χ4v) is 5.08. The van der Waals surface area contributed by atoms with Crippen molar-refractivity contribution >= 4 is 40.2 Å². The molecule has 5 heterocycles. The van der Waals surface area contributed by atoms with Crippen LogP contribution in [0.15, 0.2) is 48.9 Å². The predicted molar refractivity (Wildman–Crippen MR) is 160 cm³/mol. The molecule has 0 saturated carbocycles. The second-order valence-corrected chi connectivity index (χ2v) is 10.5. The lowest BCUT2D eigenvalue weighted by Crippen LogP contribution is -2.33. The van der Waals surface area contributed by atoms with Gasteiger partial charge >= 0.3 is 6.01 Å². The summed E-state index contributed by atoms with van der Waals surface area (Å²) in [6, 6.07) is 9.21. The van der Waals surface area contributed by atoms with Crippen molar-refractivity contribution in [2.45, 2.75) is 26.4 Å². The molecule has 1 fully saturated rings. The molecule has 5 aromatic rings. The number of H-pyrrole nitrogens is 1. The first-order valence-electron chi connectivity index (χ1n) is 13.8. The standard InChI is InChI=1S/C29H31N11O3/c1-16-12-33-28(36-23-11-17(2)39(3)38-23)37-25(16)20-13-32-26-19(20)5-4-6-21(26)34-24(41)15-40-10-8-18(14-40)43-29-31-9-7-22(35-29)27(30)42/h4-7,9,11-13,18,32H,8,10,14-15H2,1-3H3,(H2,30,42)(H,34,41)(H,33,36,37,38)/t18-/m0/s1. The summed E-state index contributed by atoms with van der Waals surface area (Å²) in [6.07, 6.45) is 5.59. The van der Waals surface area contributed by atoms with Crippen LogP contribution in [0.1, 0.15) is 28.2 Å². The van der Waals surface area contributed by atoms with Gasteiger partial charge in [-0.3, -0.25) is 19.2 Å². The quantitative estimate of drug-likeness (QED) is 0.202. The van der Waals surface area contributed by atoms with Crippen molar-refractivity contribution in [3.8, 4) is 17.3 Å². The highest BCUT2D eigenvalue weighted by Crippen LogP contribution is 2.33. The lowest BCUT2D eigenvalue weighted by atomic mass is 10.1. The first kappa shape index (κ1) is 27.8. The van der Waals surface area contributed by atoms with Gasteiger partial charge in [0.25, 0.3) is 5.91 Å². The van der Waals surface area contributed by atoms with Crippen molar-refractivity contribution in [3.63, 3.8) is 0 Å². The zero-order chi connectivity index (χ0) is 30.1. The SMILES string of the molecule is Cc1cnc(Nc2cc(C)n(C)n2)nc1-c1c[nH]c2c(NC(=O)CN3CC[C@H](Oc4nccc(C(N)=O)n4)C3)cccc12. The summed E-state index contributed by atoms with van der Waals surface area (Å²) in [4.78, 5) is 47.1. The van der Waals surface area contributed by atoms with E-state index < -0.39 is 5.91 Å². The van der Waals surface area contributed by atoms with Crippen molar-refractivity contribution < 1.29 is 14.3 Å². The molecular weight excluding hydrogens is 550 g/mol.